The number of halogens is 1. The van der Waals surface area contributed by atoms with E-state index in [0.717, 1.165) is 24.3 Å². The molecular formula is C24H30FN3O2. The average molecular weight is 412 g/mol. The number of anilines is 1. The molecule has 2 amide bonds. The smallest absolute Gasteiger partial charge is 0.254 e. The van der Waals surface area contributed by atoms with Crippen molar-refractivity contribution in [2.45, 2.75) is 39.3 Å². The molecule has 1 aliphatic heterocycles. The van der Waals surface area contributed by atoms with Crippen LogP contribution in [0.5, 0.6) is 0 Å². The fraction of sp³-hybridized carbons (Fsp3) is 0.417. The third-order valence-electron chi connectivity index (χ3n) is 5.56. The van der Waals surface area contributed by atoms with E-state index in [9.17, 15) is 14.0 Å². The molecule has 1 N–H and O–H groups in total. The number of hydrogen-bond donors (Lipinski definition) is 1. The fourth-order valence-electron chi connectivity index (χ4n) is 3.86. The zero-order valence-electron chi connectivity index (χ0n) is 17.9. The molecule has 0 saturated carbocycles. The van der Waals surface area contributed by atoms with E-state index in [1.807, 2.05) is 32.0 Å². The largest absolute Gasteiger partial charge is 0.371 e. The van der Waals surface area contributed by atoms with Gasteiger partial charge in [0.25, 0.3) is 5.91 Å². The number of likely N-dealkylation sites (N-methyl/N-ethyl adjacent to an activating group) is 1. The molecule has 0 radical (unpaired) electrons. The number of carbonyl (C=O) groups excluding carboxylic acids is 2. The lowest BCUT2D eigenvalue weighted by atomic mass is 10.0. The molecule has 1 aliphatic rings. The Balaban J connectivity index is 1.73. The molecule has 1 atom stereocenters. The number of amides is 2. The number of hydrogen-bond acceptors (Lipinski definition) is 3. The Hall–Kier alpha value is -2.89. The van der Waals surface area contributed by atoms with E-state index in [1.54, 1.807) is 18.0 Å². The molecule has 1 unspecified atom stereocenters. The van der Waals surface area contributed by atoms with E-state index >= 15 is 0 Å². The lowest BCUT2D eigenvalue weighted by molar-refractivity contribution is -0.133. The molecule has 2 aromatic carbocycles. The Bertz CT molecular complexity index is 894. The second-order valence-electron chi connectivity index (χ2n) is 8.19. The van der Waals surface area contributed by atoms with E-state index in [1.165, 1.54) is 31.0 Å². The summed E-state index contributed by atoms with van der Waals surface area (Å²) in [5.74, 6) is -1.50. The number of carbonyl (C=O) groups is 2. The topological polar surface area (TPSA) is 52.7 Å². The highest BCUT2D eigenvalue weighted by Crippen LogP contribution is 2.25. The summed E-state index contributed by atoms with van der Waals surface area (Å²) in [7, 11) is 1.74. The molecule has 0 bridgehead atoms. The Kier molecular flexibility index (Phi) is 7.08. The van der Waals surface area contributed by atoms with Crippen molar-refractivity contribution in [3.63, 3.8) is 0 Å². The summed E-state index contributed by atoms with van der Waals surface area (Å²) >= 11 is 0. The minimum absolute atomic E-state index is 0.0574. The molecule has 160 valence electrons. The third kappa shape index (κ3) is 4.99. The van der Waals surface area contributed by atoms with Gasteiger partial charge in [-0.05, 0) is 42.5 Å². The number of benzene rings is 2. The molecule has 3 rings (SSSR count). The minimum Gasteiger partial charge on any atom is -0.371 e. The van der Waals surface area contributed by atoms with E-state index in [0.29, 0.717) is 6.54 Å². The fourth-order valence-corrected chi connectivity index (χ4v) is 3.86. The van der Waals surface area contributed by atoms with Crippen LogP contribution in [0.15, 0.2) is 48.5 Å². The molecule has 5 nitrogen and oxygen atoms in total. The van der Waals surface area contributed by atoms with Crippen LogP contribution in [-0.4, -0.2) is 42.9 Å². The molecule has 30 heavy (non-hydrogen) atoms. The van der Waals surface area contributed by atoms with Gasteiger partial charge in [0.1, 0.15) is 11.9 Å². The second-order valence-corrected chi connectivity index (χ2v) is 8.19. The van der Waals surface area contributed by atoms with Gasteiger partial charge >= 0.3 is 0 Å². The summed E-state index contributed by atoms with van der Waals surface area (Å²) in [5.41, 5.74) is 2.18. The van der Waals surface area contributed by atoms with Crippen molar-refractivity contribution in [1.29, 1.82) is 0 Å². The van der Waals surface area contributed by atoms with Crippen LogP contribution in [0.25, 0.3) is 0 Å². The van der Waals surface area contributed by atoms with Gasteiger partial charge in [-0.1, -0.05) is 44.2 Å². The molecule has 0 spiro atoms. The molecule has 0 aliphatic carbocycles. The van der Waals surface area contributed by atoms with Gasteiger partial charge in [-0.25, -0.2) is 4.39 Å². The molecular weight excluding hydrogens is 381 g/mol. The average Bonchev–Trinajstić information content (AvgIpc) is 3.26. The van der Waals surface area contributed by atoms with Gasteiger partial charge in [-0.2, -0.15) is 0 Å². The van der Waals surface area contributed by atoms with Crippen molar-refractivity contribution in [2.75, 3.05) is 25.0 Å². The van der Waals surface area contributed by atoms with Crippen LogP contribution in [0.4, 0.5) is 10.1 Å². The lowest BCUT2D eigenvalue weighted by Gasteiger charge is -2.29. The second kappa shape index (κ2) is 9.74. The molecule has 1 saturated heterocycles. The number of para-hydroxylation sites is 1. The van der Waals surface area contributed by atoms with Crippen LogP contribution in [0, 0.1) is 11.7 Å². The van der Waals surface area contributed by atoms with Gasteiger partial charge < -0.3 is 15.1 Å². The van der Waals surface area contributed by atoms with Gasteiger partial charge in [-0.3, -0.25) is 9.59 Å². The summed E-state index contributed by atoms with van der Waals surface area (Å²) in [6, 6.07) is 13.2. The maximum absolute atomic E-state index is 14.0. The first-order valence-electron chi connectivity index (χ1n) is 10.5. The predicted octanol–water partition coefficient (Wildman–Crippen LogP) is 3.84. The van der Waals surface area contributed by atoms with Crippen molar-refractivity contribution in [1.82, 2.24) is 10.2 Å². The van der Waals surface area contributed by atoms with Gasteiger partial charge in [0.05, 0.1) is 5.56 Å². The lowest BCUT2D eigenvalue weighted by Crippen LogP contribution is -2.50. The normalized spacial score (nSPS) is 14.6. The zero-order chi connectivity index (χ0) is 21.7. The highest BCUT2D eigenvalue weighted by Gasteiger charge is 2.28. The van der Waals surface area contributed by atoms with E-state index in [2.05, 4.69) is 16.3 Å². The molecule has 1 fully saturated rings. The highest BCUT2D eigenvalue weighted by molar-refractivity contribution is 5.97. The maximum atomic E-state index is 14.0. The first-order chi connectivity index (χ1) is 14.4. The Morgan fingerprint density at radius 1 is 1.07 bits per heavy atom. The highest BCUT2D eigenvalue weighted by atomic mass is 19.1. The monoisotopic (exact) mass is 411 g/mol. The summed E-state index contributed by atoms with van der Waals surface area (Å²) in [6.45, 7) is 6.25. The molecule has 0 aromatic heterocycles. The standard InChI is InChI=1S/C24H30FN3O2/c1-17(2)22(26-23(29)19-11-5-6-12-20(19)25)24(30)27(3)16-18-10-4-7-13-21(18)28-14-8-9-15-28/h4-7,10-13,17,22H,8-9,14-16H2,1-3H3,(H,26,29). The number of rotatable bonds is 7. The van der Waals surface area contributed by atoms with E-state index in [-0.39, 0.29) is 17.4 Å². The van der Waals surface area contributed by atoms with Gasteiger partial charge in [0.2, 0.25) is 5.91 Å². The summed E-state index contributed by atoms with van der Waals surface area (Å²) in [5, 5.41) is 2.73. The number of nitrogens with zero attached hydrogens (tertiary/aromatic N) is 2. The van der Waals surface area contributed by atoms with Crippen LogP contribution < -0.4 is 10.2 Å². The molecule has 6 heteroatoms. The predicted molar refractivity (Wildman–Crippen MR) is 117 cm³/mol. The summed E-state index contributed by atoms with van der Waals surface area (Å²) in [4.78, 5) is 29.7. The van der Waals surface area contributed by atoms with Crippen molar-refractivity contribution in [3.05, 3.63) is 65.5 Å². The van der Waals surface area contributed by atoms with Crippen molar-refractivity contribution < 1.29 is 14.0 Å². The van der Waals surface area contributed by atoms with E-state index in [4.69, 9.17) is 0 Å². The first-order valence-corrected chi connectivity index (χ1v) is 10.5. The van der Waals surface area contributed by atoms with Crippen LogP contribution in [0.1, 0.15) is 42.6 Å². The Morgan fingerprint density at radius 3 is 2.37 bits per heavy atom. The third-order valence-corrected chi connectivity index (χ3v) is 5.56. The first kappa shape index (κ1) is 21.8. The summed E-state index contributed by atoms with van der Waals surface area (Å²) in [6.07, 6.45) is 2.36. The van der Waals surface area contributed by atoms with Gasteiger partial charge in [-0.15, -0.1) is 0 Å². The minimum atomic E-state index is -0.735. The van der Waals surface area contributed by atoms with Crippen molar-refractivity contribution in [3.8, 4) is 0 Å². The summed E-state index contributed by atoms with van der Waals surface area (Å²) < 4.78 is 14.0. The Morgan fingerprint density at radius 2 is 1.70 bits per heavy atom. The number of nitrogens with one attached hydrogen (secondary N) is 1. The maximum Gasteiger partial charge on any atom is 0.254 e. The van der Waals surface area contributed by atoms with Crippen LogP contribution in [0.3, 0.4) is 0 Å². The SMILES string of the molecule is CC(C)C(NC(=O)c1ccccc1F)C(=O)N(C)Cc1ccccc1N1CCCC1. The zero-order valence-corrected chi connectivity index (χ0v) is 17.9. The van der Waals surface area contributed by atoms with Gasteiger partial charge in [0.15, 0.2) is 0 Å². The quantitative estimate of drug-likeness (QED) is 0.753. The van der Waals surface area contributed by atoms with Crippen molar-refractivity contribution in [2.24, 2.45) is 5.92 Å². The van der Waals surface area contributed by atoms with Crippen LogP contribution in [-0.2, 0) is 11.3 Å². The van der Waals surface area contributed by atoms with Crippen LogP contribution in [0.2, 0.25) is 0 Å². The van der Waals surface area contributed by atoms with Crippen LogP contribution >= 0.6 is 0 Å². The Labute approximate surface area is 177 Å². The molecule has 2 aromatic rings. The van der Waals surface area contributed by atoms with Gasteiger partial charge in [0, 0.05) is 32.4 Å². The van der Waals surface area contributed by atoms with Crippen molar-refractivity contribution >= 4 is 17.5 Å². The molecule has 1 heterocycles. The van der Waals surface area contributed by atoms with E-state index < -0.39 is 17.8 Å².